The number of hydrogen-bond donors (Lipinski definition) is 0. The summed E-state index contributed by atoms with van der Waals surface area (Å²) in [5.41, 5.74) is 2.86. The van der Waals surface area contributed by atoms with E-state index in [2.05, 4.69) is 180 Å². The summed E-state index contributed by atoms with van der Waals surface area (Å²) in [6, 6.07) is 25.3. The molecule has 3 aromatic carbocycles. The average Bonchev–Trinajstić information content (AvgIpc) is 3.22. The minimum atomic E-state index is -3.01. The van der Waals surface area contributed by atoms with Gasteiger partial charge in [0.05, 0.1) is 11.9 Å². The van der Waals surface area contributed by atoms with Crippen LogP contribution in [-0.4, -0.2) is 64.9 Å². The van der Waals surface area contributed by atoms with E-state index in [1.807, 2.05) is 24.4 Å². The predicted octanol–water partition coefficient (Wildman–Crippen LogP) is 4.97. The number of benzene rings is 3. The lowest BCUT2D eigenvalue weighted by Crippen LogP contribution is -2.78. The second-order valence-electron chi connectivity index (χ2n) is 15.8. The summed E-state index contributed by atoms with van der Waals surface area (Å²) in [5, 5.41) is 4.35. The topological polar surface area (TPSA) is 57.2 Å². The smallest absolute Gasteiger partial charge is 0.385 e. The molecule has 0 radical (unpaired) electrons. The van der Waals surface area contributed by atoms with Crippen molar-refractivity contribution >= 4 is 62.5 Å². The van der Waals surface area contributed by atoms with Crippen LogP contribution in [0.15, 0.2) is 170 Å². The first kappa shape index (κ1) is 32.4. The molecule has 0 atom stereocenters. The van der Waals surface area contributed by atoms with E-state index in [4.69, 9.17) is 19.4 Å². The highest BCUT2D eigenvalue weighted by atomic mass is 28.3. The Morgan fingerprint density at radius 1 is 0.582 bits per heavy atom. The van der Waals surface area contributed by atoms with Gasteiger partial charge >= 0.3 is 27.9 Å². The van der Waals surface area contributed by atoms with Crippen molar-refractivity contribution in [2.24, 2.45) is 5.41 Å². The molecule has 1 spiro atoms. The van der Waals surface area contributed by atoms with Crippen molar-refractivity contribution in [2.45, 2.75) is 20.8 Å². The van der Waals surface area contributed by atoms with Crippen LogP contribution in [0.4, 0.5) is 0 Å². The zero-order valence-corrected chi connectivity index (χ0v) is 31.9. The van der Waals surface area contributed by atoms with Gasteiger partial charge in [-0.05, 0) is 99.3 Å². The van der Waals surface area contributed by atoms with E-state index in [0.29, 0.717) is 5.88 Å². The van der Waals surface area contributed by atoms with Crippen molar-refractivity contribution in [3.8, 4) is 23.1 Å². The van der Waals surface area contributed by atoms with Crippen LogP contribution in [0.3, 0.4) is 0 Å². The van der Waals surface area contributed by atoms with Crippen molar-refractivity contribution in [2.75, 3.05) is 0 Å². The first-order valence-electron chi connectivity index (χ1n) is 19.0. The minimum absolute atomic E-state index is 0.0250. The first-order valence-corrected chi connectivity index (χ1v) is 21.0. The van der Waals surface area contributed by atoms with Crippen LogP contribution in [0.1, 0.15) is 26.5 Å². The highest BCUT2D eigenvalue weighted by molar-refractivity contribution is 7.21. The number of rotatable bonds is 1. The molecule has 11 rings (SSSR count). The number of ether oxygens (including phenoxy) is 2. The quantitative estimate of drug-likeness (QED) is 0.220. The van der Waals surface area contributed by atoms with Crippen LogP contribution in [0.5, 0.6) is 23.1 Å². The molecule has 13 heteroatoms. The van der Waals surface area contributed by atoms with Gasteiger partial charge in [0.25, 0.3) is 0 Å². The van der Waals surface area contributed by atoms with Gasteiger partial charge in [0, 0.05) is 0 Å². The van der Waals surface area contributed by atoms with Crippen LogP contribution in [0.2, 0.25) is 0 Å². The van der Waals surface area contributed by atoms with Crippen LogP contribution in [0, 0.1) is 5.41 Å². The van der Waals surface area contributed by atoms with Crippen molar-refractivity contribution in [3.63, 3.8) is 0 Å². The maximum absolute atomic E-state index is 6.83. The Hall–Kier alpha value is -6.06. The Balaban J connectivity index is 1.13. The third-order valence-electron chi connectivity index (χ3n) is 11.8. The lowest BCUT2D eigenvalue weighted by atomic mass is 9.38. The van der Waals surface area contributed by atoms with E-state index >= 15 is 0 Å². The number of hydrogen-bond acceptors (Lipinski definition) is 8. The Kier molecular flexibility index (Phi) is 7.04. The molecule has 8 nitrogen and oxygen atoms in total. The van der Waals surface area contributed by atoms with E-state index in [-0.39, 0.29) is 33.3 Å². The second-order valence-corrected chi connectivity index (χ2v) is 19.4. The molecular weight excluding hydrogens is 692 g/mol. The molecule has 7 aliphatic rings. The van der Waals surface area contributed by atoms with Crippen molar-refractivity contribution in [1.82, 2.24) is 28.9 Å². The van der Waals surface area contributed by atoms with Crippen LogP contribution in [-0.2, 0) is 0 Å². The zero-order valence-electron chi connectivity index (χ0n) is 30.9. The molecule has 0 bridgehead atoms. The SMILES string of the molecule is CC(C)(C)C1=C(c2cnc3c(n2)Oc2ccccc2[Si]32c3ccccc3Oc3ccccc32)C=CN2B3C=CC=CN3B3C=CC=CN3B3C=CC=CN3B12. The van der Waals surface area contributed by atoms with E-state index < -0.39 is 8.07 Å². The normalized spacial score (nSPS) is 19.1. The molecule has 7 aliphatic heterocycles. The highest BCUT2D eigenvalue weighted by Crippen LogP contribution is 2.43. The lowest BCUT2D eigenvalue weighted by Gasteiger charge is -2.55. The number of para-hydroxylation sites is 3. The molecule has 0 N–H and O–H groups in total. The van der Waals surface area contributed by atoms with E-state index in [1.165, 1.54) is 5.47 Å². The largest absolute Gasteiger partial charge is 0.458 e. The minimum Gasteiger partial charge on any atom is -0.458 e. The fourth-order valence-corrected chi connectivity index (χ4v) is 14.5. The summed E-state index contributed by atoms with van der Waals surface area (Å²) in [7, 11) is -3.01. The van der Waals surface area contributed by atoms with E-state index in [9.17, 15) is 0 Å². The van der Waals surface area contributed by atoms with Crippen LogP contribution >= 0.6 is 0 Å². The molecule has 0 amide bonds. The fourth-order valence-electron chi connectivity index (χ4n) is 9.61. The van der Waals surface area contributed by atoms with Crippen LogP contribution in [0.25, 0.3) is 5.57 Å². The standard InChI is InChI=1S/C42H36B4N6O2Si/c1-42(2,3)39-31(22-29-52-45-25-11-14-27-50(45)43-23-10-13-26-49(43)44-24-12-15-28-51(44)46(39)52)32-30-47-41-40(48-32)54-35-18-6-9-21-38(35)55(41)36-19-7-4-16-33(36)53-34-17-5-8-20-37(34)55/h4-30H,1-3H3. The Morgan fingerprint density at radius 3 is 1.64 bits per heavy atom. The van der Waals surface area contributed by atoms with Gasteiger partial charge in [-0.2, -0.15) is 0 Å². The molecule has 55 heavy (non-hydrogen) atoms. The van der Waals surface area contributed by atoms with Gasteiger partial charge in [0.1, 0.15) is 22.6 Å². The summed E-state index contributed by atoms with van der Waals surface area (Å²) < 4.78 is 23.3. The summed E-state index contributed by atoms with van der Waals surface area (Å²) in [6.07, 6.45) is 26.1. The number of fused-ring (bicyclic) bond motifs is 16. The molecular formula is C42H36B4N6O2Si. The van der Waals surface area contributed by atoms with Gasteiger partial charge < -0.3 is 28.4 Å². The van der Waals surface area contributed by atoms with Gasteiger partial charge in [-0.25, -0.2) is 4.98 Å². The molecule has 0 unspecified atom stereocenters. The monoisotopic (exact) mass is 728 g/mol. The Labute approximate surface area is 324 Å². The van der Waals surface area contributed by atoms with Gasteiger partial charge in [-0.3, -0.25) is 4.98 Å². The second kappa shape index (κ2) is 12.0. The molecule has 1 fully saturated rings. The van der Waals surface area contributed by atoms with Gasteiger partial charge in [-0.15, -0.1) is 0 Å². The fraction of sp³-hybridized carbons (Fsp3) is 0.0952. The molecule has 4 aromatic rings. The Bertz CT molecular complexity index is 2450. The van der Waals surface area contributed by atoms with Crippen molar-refractivity contribution in [3.05, 3.63) is 175 Å². The number of allylic oxidation sites excluding steroid dienone is 9. The summed E-state index contributed by atoms with van der Waals surface area (Å²) in [4.78, 5) is 11.0. The van der Waals surface area contributed by atoms with Gasteiger partial charge in [0.2, 0.25) is 14.0 Å². The molecule has 262 valence electrons. The molecule has 0 saturated carbocycles. The highest BCUT2D eigenvalue weighted by Gasteiger charge is 2.56. The van der Waals surface area contributed by atoms with Gasteiger partial charge in [-0.1, -0.05) is 112 Å². The third-order valence-corrected chi connectivity index (χ3v) is 16.5. The molecule has 1 aromatic heterocycles. The first-order chi connectivity index (χ1) is 26.9. The summed E-state index contributed by atoms with van der Waals surface area (Å²) >= 11 is 0. The third kappa shape index (κ3) is 4.62. The van der Waals surface area contributed by atoms with E-state index in [1.54, 1.807) is 0 Å². The zero-order chi connectivity index (χ0) is 36.9. The predicted molar refractivity (Wildman–Crippen MR) is 227 cm³/mol. The average molecular weight is 728 g/mol. The number of nitrogens with zero attached hydrogens (tertiary/aromatic N) is 6. The summed E-state index contributed by atoms with van der Waals surface area (Å²) in [5.74, 6) is 9.98. The lowest BCUT2D eigenvalue weighted by molar-refractivity contribution is 0.463. The molecule has 1 saturated heterocycles. The Morgan fingerprint density at radius 2 is 1.07 bits per heavy atom. The van der Waals surface area contributed by atoms with Crippen LogP contribution < -0.4 is 30.4 Å². The maximum Gasteiger partial charge on any atom is 0.385 e. The molecule has 8 heterocycles. The molecule has 0 aliphatic carbocycles. The van der Waals surface area contributed by atoms with Crippen molar-refractivity contribution < 1.29 is 9.47 Å². The van der Waals surface area contributed by atoms with Gasteiger partial charge in [0.15, 0.2) is 0 Å². The van der Waals surface area contributed by atoms with Crippen molar-refractivity contribution in [1.29, 1.82) is 0 Å². The van der Waals surface area contributed by atoms with E-state index in [0.717, 1.165) is 49.4 Å². The maximum atomic E-state index is 6.83. The summed E-state index contributed by atoms with van der Waals surface area (Å²) in [6.45, 7) is 6.80. The number of aromatic nitrogens is 2.